The zero-order chi connectivity index (χ0) is 29.1. The minimum Gasteiger partial charge on any atom is -0.444 e. The van der Waals surface area contributed by atoms with Gasteiger partial charge in [0.05, 0.1) is 33.5 Å². The van der Waals surface area contributed by atoms with Crippen molar-refractivity contribution in [2.45, 2.75) is 75.6 Å². The monoisotopic (exact) mass is 565 g/mol. The van der Waals surface area contributed by atoms with Crippen LogP contribution in [0.15, 0.2) is 53.4 Å². The topological polar surface area (TPSA) is 156 Å². The van der Waals surface area contributed by atoms with E-state index < -0.39 is 27.4 Å². The highest BCUT2D eigenvalue weighted by Gasteiger charge is 2.29. The van der Waals surface area contributed by atoms with Gasteiger partial charge in [-0.2, -0.15) is 5.26 Å². The van der Waals surface area contributed by atoms with Crippen LogP contribution in [-0.4, -0.2) is 48.4 Å². The summed E-state index contributed by atoms with van der Waals surface area (Å²) in [5.74, 6) is -0.661. The van der Waals surface area contributed by atoms with Crippen LogP contribution in [0.3, 0.4) is 0 Å². The molecule has 212 valence electrons. The van der Waals surface area contributed by atoms with Crippen molar-refractivity contribution in [1.29, 1.82) is 5.26 Å². The molecule has 3 aromatic rings. The quantitative estimate of drug-likeness (QED) is 0.389. The van der Waals surface area contributed by atoms with E-state index in [1.165, 1.54) is 12.1 Å². The number of carbonyl (C=O) groups is 2. The molecule has 1 aliphatic carbocycles. The summed E-state index contributed by atoms with van der Waals surface area (Å²) in [4.78, 5) is 25.9. The predicted octanol–water partition coefficient (Wildman–Crippen LogP) is 4.13. The molecule has 1 fully saturated rings. The Labute approximate surface area is 234 Å². The molecule has 1 aromatic heterocycles. The van der Waals surface area contributed by atoms with Gasteiger partial charge in [-0.1, -0.05) is 18.2 Å². The first-order valence-corrected chi connectivity index (χ1v) is 14.9. The van der Waals surface area contributed by atoms with Gasteiger partial charge in [-0.25, -0.2) is 13.2 Å². The Balaban J connectivity index is 1.52. The van der Waals surface area contributed by atoms with Crippen molar-refractivity contribution in [1.82, 2.24) is 15.2 Å². The van der Waals surface area contributed by atoms with Crippen molar-refractivity contribution in [3.05, 3.63) is 59.8 Å². The number of sulfone groups is 1. The van der Waals surface area contributed by atoms with Gasteiger partial charge in [0, 0.05) is 24.0 Å². The molecular weight excluding hydrogens is 530 g/mol. The number of anilines is 1. The maximum Gasteiger partial charge on any atom is 0.407 e. The van der Waals surface area contributed by atoms with Gasteiger partial charge in [0.2, 0.25) is 0 Å². The SMILES string of the molecule is CC(C)(C)OC(=O)NC1CCC(NC(=O)c2c(N)c3ccc(C#N)cc3n2CCS(=O)(=O)c2ccccc2)CC1. The van der Waals surface area contributed by atoms with Crippen molar-refractivity contribution in [3.8, 4) is 6.07 Å². The fourth-order valence-corrected chi connectivity index (χ4v) is 6.22. The fourth-order valence-electron chi connectivity index (χ4n) is 4.99. The van der Waals surface area contributed by atoms with Crippen LogP contribution in [0.25, 0.3) is 10.9 Å². The summed E-state index contributed by atoms with van der Waals surface area (Å²) < 4.78 is 33.0. The second kappa shape index (κ2) is 11.6. The van der Waals surface area contributed by atoms with Crippen LogP contribution in [0.1, 0.15) is 62.5 Å². The molecule has 0 radical (unpaired) electrons. The molecule has 2 amide bonds. The first-order chi connectivity index (χ1) is 18.9. The number of amides is 2. The molecule has 0 unspecified atom stereocenters. The molecule has 0 saturated heterocycles. The van der Waals surface area contributed by atoms with Crippen molar-refractivity contribution < 1.29 is 22.7 Å². The summed E-state index contributed by atoms with van der Waals surface area (Å²) in [6, 6.07) is 14.9. The van der Waals surface area contributed by atoms with Crippen molar-refractivity contribution in [2.75, 3.05) is 11.5 Å². The van der Waals surface area contributed by atoms with E-state index in [-0.39, 0.29) is 40.7 Å². The van der Waals surface area contributed by atoms with E-state index in [4.69, 9.17) is 10.5 Å². The van der Waals surface area contributed by atoms with Crippen LogP contribution in [-0.2, 0) is 21.1 Å². The largest absolute Gasteiger partial charge is 0.444 e. The summed E-state index contributed by atoms with van der Waals surface area (Å²) >= 11 is 0. The number of hydrogen-bond donors (Lipinski definition) is 3. The number of nitrogen functional groups attached to an aromatic ring is 1. The number of rotatable bonds is 7. The molecule has 1 heterocycles. The van der Waals surface area contributed by atoms with Gasteiger partial charge in [0.1, 0.15) is 11.3 Å². The minimum absolute atomic E-state index is 0.0187. The van der Waals surface area contributed by atoms with Crippen LogP contribution >= 0.6 is 0 Å². The molecule has 40 heavy (non-hydrogen) atoms. The molecule has 0 aliphatic heterocycles. The van der Waals surface area contributed by atoms with Gasteiger partial charge in [-0.15, -0.1) is 0 Å². The predicted molar refractivity (Wildman–Crippen MR) is 152 cm³/mol. The Morgan fingerprint density at radius 1 is 1.05 bits per heavy atom. The molecule has 4 N–H and O–H groups in total. The molecule has 2 aromatic carbocycles. The first-order valence-electron chi connectivity index (χ1n) is 13.3. The number of alkyl carbamates (subject to hydrolysis) is 1. The lowest BCUT2D eigenvalue weighted by molar-refractivity contribution is 0.0487. The molecule has 1 saturated carbocycles. The summed E-state index contributed by atoms with van der Waals surface area (Å²) in [6.07, 6.45) is 2.17. The van der Waals surface area contributed by atoms with Crippen LogP contribution in [0, 0.1) is 11.3 Å². The van der Waals surface area contributed by atoms with E-state index in [1.54, 1.807) is 41.0 Å². The van der Waals surface area contributed by atoms with E-state index in [0.29, 0.717) is 42.1 Å². The van der Waals surface area contributed by atoms with Crippen LogP contribution in [0.4, 0.5) is 10.5 Å². The molecule has 11 heteroatoms. The lowest BCUT2D eigenvalue weighted by Gasteiger charge is -2.30. The Hall–Kier alpha value is -4.04. The number of nitrogens with zero attached hydrogens (tertiary/aromatic N) is 2. The maximum absolute atomic E-state index is 13.6. The third-order valence-corrected chi connectivity index (χ3v) is 8.63. The molecule has 1 aliphatic rings. The average Bonchev–Trinajstić information content (AvgIpc) is 3.18. The van der Waals surface area contributed by atoms with Crippen molar-refractivity contribution in [3.63, 3.8) is 0 Å². The summed E-state index contributed by atoms with van der Waals surface area (Å²) in [6.45, 7) is 5.40. The highest BCUT2D eigenvalue weighted by Crippen LogP contribution is 2.31. The number of aryl methyl sites for hydroxylation is 1. The first kappa shape index (κ1) is 29.0. The summed E-state index contributed by atoms with van der Waals surface area (Å²) in [7, 11) is -3.63. The van der Waals surface area contributed by atoms with Crippen LogP contribution < -0.4 is 16.4 Å². The Morgan fingerprint density at radius 3 is 2.27 bits per heavy atom. The standard InChI is InChI=1S/C29H35N5O5S/c1-29(2,3)39-28(36)33-21-12-10-20(11-13-21)32-27(35)26-25(31)23-14-9-19(18-30)17-24(23)34(26)15-16-40(37,38)22-7-5-4-6-8-22/h4-9,14,17,20-21H,10-13,15-16,31H2,1-3H3,(H,32,35)(H,33,36). The summed E-state index contributed by atoms with van der Waals surface area (Å²) in [5.41, 5.74) is 7.16. The Kier molecular flexibility index (Phi) is 8.40. The third kappa shape index (κ3) is 6.74. The van der Waals surface area contributed by atoms with E-state index >= 15 is 0 Å². The third-order valence-electron chi connectivity index (χ3n) is 6.92. The molecule has 0 bridgehead atoms. The van der Waals surface area contributed by atoms with Crippen LogP contribution in [0.5, 0.6) is 0 Å². The second-order valence-electron chi connectivity index (χ2n) is 11.1. The van der Waals surface area contributed by atoms with Gasteiger partial charge in [0.15, 0.2) is 9.84 Å². The molecule has 4 rings (SSSR count). The molecular formula is C29H35N5O5S. The number of hydrogen-bond acceptors (Lipinski definition) is 7. The highest BCUT2D eigenvalue weighted by atomic mass is 32.2. The Bertz CT molecular complexity index is 1540. The van der Waals surface area contributed by atoms with Gasteiger partial charge in [-0.3, -0.25) is 4.79 Å². The zero-order valence-electron chi connectivity index (χ0n) is 22.9. The van der Waals surface area contributed by atoms with Gasteiger partial charge >= 0.3 is 6.09 Å². The average molecular weight is 566 g/mol. The highest BCUT2D eigenvalue weighted by molar-refractivity contribution is 7.91. The molecule has 10 nitrogen and oxygen atoms in total. The summed E-state index contributed by atoms with van der Waals surface area (Å²) in [5, 5.41) is 15.9. The second-order valence-corrected chi connectivity index (χ2v) is 13.2. The zero-order valence-corrected chi connectivity index (χ0v) is 23.8. The number of nitriles is 1. The smallest absolute Gasteiger partial charge is 0.407 e. The fraction of sp³-hybridized carbons (Fsp3) is 0.414. The lowest BCUT2D eigenvalue weighted by atomic mass is 9.91. The van der Waals surface area contributed by atoms with E-state index in [0.717, 1.165) is 0 Å². The number of fused-ring (bicyclic) bond motifs is 1. The van der Waals surface area contributed by atoms with E-state index in [9.17, 15) is 23.3 Å². The number of aromatic nitrogens is 1. The van der Waals surface area contributed by atoms with Gasteiger partial charge < -0.3 is 25.7 Å². The van der Waals surface area contributed by atoms with Crippen LogP contribution in [0.2, 0.25) is 0 Å². The Morgan fingerprint density at radius 2 is 1.68 bits per heavy atom. The van der Waals surface area contributed by atoms with E-state index in [2.05, 4.69) is 16.7 Å². The number of ether oxygens (including phenoxy) is 1. The van der Waals surface area contributed by atoms with Crippen molar-refractivity contribution in [2.24, 2.45) is 0 Å². The van der Waals surface area contributed by atoms with Crippen molar-refractivity contribution >= 4 is 38.4 Å². The number of nitrogens with one attached hydrogen (secondary N) is 2. The minimum atomic E-state index is -3.63. The molecule has 0 atom stereocenters. The number of benzene rings is 2. The normalized spacial score (nSPS) is 17.6. The lowest BCUT2D eigenvalue weighted by Crippen LogP contribution is -2.45. The van der Waals surface area contributed by atoms with Gasteiger partial charge in [-0.05, 0) is 76.8 Å². The van der Waals surface area contributed by atoms with E-state index in [1.807, 2.05) is 20.8 Å². The maximum atomic E-state index is 13.6. The molecule has 0 spiro atoms. The number of carbonyl (C=O) groups excluding carboxylic acids is 2. The van der Waals surface area contributed by atoms with Gasteiger partial charge in [0.25, 0.3) is 5.91 Å². The number of nitrogens with two attached hydrogens (primary N) is 1.